The fourth-order valence-electron chi connectivity index (χ4n) is 3.27. The minimum absolute atomic E-state index is 0.208. The summed E-state index contributed by atoms with van der Waals surface area (Å²) in [5.41, 5.74) is 0.618. The van der Waals surface area contributed by atoms with E-state index in [1.165, 1.54) is 6.33 Å². The number of rotatable bonds is 3. The Kier molecular flexibility index (Phi) is 3.82. The number of carbonyl (C=O) groups is 1. The summed E-state index contributed by atoms with van der Waals surface area (Å²) in [4.78, 5) is 23.1. The molecule has 1 N–H and O–H groups in total. The molecule has 2 aliphatic rings. The van der Waals surface area contributed by atoms with Gasteiger partial charge in [0.15, 0.2) is 5.69 Å². The summed E-state index contributed by atoms with van der Waals surface area (Å²) < 4.78 is 10.6. The molecule has 0 bridgehead atoms. The van der Waals surface area contributed by atoms with E-state index >= 15 is 0 Å². The maximum absolute atomic E-state index is 12.6. The third kappa shape index (κ3) is 2.74. The molecule has 8 heteroatoms. The molecule has 4 rings (SSSR count). The number of hydrogen-bond acceptors (Lipinski definition) is 7. The Morgan fingerprint density at radius 3 is 2.78 bits per heavy atom. The van der Waals surface area contributed by atoms with Crippen molar-refractivity contribution >= 4 is 22.8 Å². The zero-order valence-electron chi connectivity index (χ0n) is 12.8. The van der Waals surface area contributed by atoms with E-state index in [0.29, 0.717) is 30.1 Å². The Balaban J connectivity index is 1.67. The summed E-state index contributed by atoms with van der Waals surface area (Å²) in [6, 6.07) is 0.228. The van der Waals surface area contributed by atoms with Crippen molar-refractivity contribution in [2.24, 2.45) is 0 Å². The van der Waals surface area contributed by atoms with E-state index < -0.39 is 0 Å². The molecule has 0 unspecified atom stereocenters. The van der Waals surface area contributed by atoms with Gasteiger partial charge in [0.1, 0.15) is 17.5 Å². The standard InChI is InChI=1S/C15H19N5O3/c21-14(18-10-3-1-2-4-10)12-11-13(20-5-7-22-8-6-20)16-9-17-15(11)23-19-12/h9-10H,1-8H2,(H,18,21). The van der Waals surface area contributed by atoms with Crippen LogP contribution in [-0.4, -0.2) is 53.4 Å². The molecule has 2 aromatic heterocycles. The predicted octanol–water partition coefficient (Wildman–Crippen LogP) is 1.13. The van der Waals surface area contributed by atoms with Gasteiger partial charge in [-0.15, -0.1) is 0 Å². The highest BCUT2D eigenvalue weighted by molar-refractivity contribution is 6.07. The zero-order chi connectivity index (χ0) is 15.6. The minimum atomic E-state index is -0.208. The number of hydrogen-bond donors (Lipinski definition) is 1. The third-order valence-electron chi connectivity index (χ3n) is 4.47. The van der Waals surface area contributed by atoms with Gasteiger partial charge in [0.05, 0.1) is 13.2 Å². The molecule has 1 saturated carbocycles. The van der Waals surface area contributed by atoms with E-state index in [-0.39, 0.29) is 17.6 Å². The first-order valence-electron chi connectivity index (χ1n) is 8.07. The smallest absolute Gasteiger partial charge is 0.274 e. The number of aromatic nitrogens is 3. The van der Waals surface area contributed by atoms with Gasteiger partial charge in [0.25, 0.3) is 11.6 Å². The molecule has 122 valence electrons. The SMILES string of the molecule is O=C(NC1CCCC1)c1noc2ncnc(N3CCOCC3)c12. The summed E-state index contributed by atoms with van der Waals surface area (Å²) in [6.45, 7) is 2.72. The van der Waals surface area contributed by atoms with Crippen LogP contribution in [0.2, 0.25) is 0 Å². The molecule has 0 radical (unpaired) electrons. The number of fused-ring (bicyclic) bond motifs is 1. The van der Waals surface area contributed by atoms with E-state index in [4.69, 9.17) is 9.26 Å². The summed E-state index contributed by atoms with van der Waals surface area (Å²) >= 11 is 0. The van der Waals surface area contributed by atoms with E-state index in [0.717, 1.165) is 38.8 Å². The molecule has 3 heterocycles. The average molecular weight is 317 g/mol. The van der Waals surface area contributed by atoms with Crippen LogP contribution in [0.4, 0.5) is 5.82 Å². The normalized spacial score (nSPS) is 19.4. The number of ether oxygens (including phenoxy) is 1. The minimum Gasteiger partial charge on any atom is -0.378 e. The van der Waals surface area contributed by atoms with Crippen LogP contribution in [0.5, 0.6) is 0 Å². The van der Waals surface area contributed by atoms with Crippen molar-refractivity contribution < 1.29 is 14.1 Å². The van der Waals surface area contributed by atoms with Crippen molar-refractivity contribution in [3.05, 3.63) is 12.0 Å². The van der Waals surface area contributed by atoms with Crippen LogP contribution in [0.1, 0.15) is 36.2 Å². The molecular weight excluding hydrogens is 298 g/mol. The van der Waals surface area contributed by atoms with Gasteiger partial charge in [-0.05, 0) is 12.8 Å². The van der Waals surface area contributed by atoms with Crippen LogP contribution in [0.3, 0.4) is 0 Å². The molecule has 1 aliphatic carbocycles. The molecule has 23 heavy (non-hydrogen) atoms. The van der Waals surface area contributed by atoms with Crippen molar-refractivity contribution in [2.45, 2.75) is 31.7 Å². The van der Waals surface area contributed by atoms with Gasteiger partial charge >= 0.3 is 0 Å². The van der Waals surface area contributed by atoms with E-state index in [1.807, 2.05) is 0 Å². The predicted molar refractivity (Wildman–Crippen MR) is 82.4 cm³/mol. The van der Waals surface area contributed by atoms with Crippen LogP contribution >= 0.6 is 0 Å². The number of nitrogens with one attached hydrogen (secondary N) is 1. The highest BCUT2D eigenvalue weighted by atomic mass is 16.5. The molecule has 2 aromatic rings. The van der Waals surface area contributed by atoms with Crippen molar-refractivity contribution in [1.82, 2.24) is 20.4 Å². The van der Waals surface area contributed by atoms with Crippen molar-refractivity contribution in [1.29, 1.82) is 0 Å². The van der Waals surface area contributed by atoms with Crippen LogP contribution in [0.15, 0.2) is 10.9 Å². The summed E-state index contributed by atoms with van der Waals surface area (Å²) in [5, 5.41) is 7.58. The quantitative estimate of drug-likeness (QED) is 0.906. The Hall–Kier alpha value is -2.22. The van der Waals surface area contributed by atoms with E-state index in [1.54, 1.807) is 0 Å². The Morgan fingerprint density at radius 2 is 2.00 bits per heavy atom. The summed E-state index contributed by atoms with van der Waals surface area (Å²) in [7, 11) is 0. The Labute approximate surface area is 133 Å². The second-order valence-corrected chi connectivity index (χ2v) is 5.96. The lowest BCUT2D eigenvalue weighted by Gasteiger charge is -2.27. The monoisotopic (exact) mass is 317 g/mol. The maximum atomic E-state index is 12.6. The largest absolute Gasteiger partial charge is 0.378 e. The highest BCUT2D eigenvalue weighted by Gasteiger charge is 2.27. The molecule has 1 saturated heterocycles. The average Bonchev–Trinajstić information content (AvgIpc) is 3.24. The Morgan fingerprint density at radius 1 is 1.22 bits per heavy atom. The number of carbonyl (C=O) groups excluding carboxylic acids is 1. The first-order valence-corrected chi connectivity index (χ1v) is 8.07. The van der Waals surface area contributed by atoms with Gasteiger partial charge in [-0.25, -0.2) is 4.98 Å². The third-order valence-corrected chi connectivity index (χ3v) is 4.47. The van der Waals surface area contributed by atoms with Gasteiger partial charge < -0.3 is 19.5 Å². The summed E-state index contributed by atoms with van der Waals surface area (Å²) in [6.07, 6.45) is 5.80. The molecule has 0 atom stereocenters. The fourth-order valence-corrected chi connectivity index (χ4v) is 3.27. The molecule has 8 nitrogen and oxygen atoms in total. The van der Waals surface area contributed by atoms with Gasteiger partial charge in [-0.1, -0.05) is 18.0 Å². The molecular formula is C15H19N5O3. The van der Waals surface area contributed by atoms with Crippen molar-refractivity contribution in [3.63, 3.8) is 0 Å². The lowest BCUT2D eigenvalue weighted by Crippen LogP contribution is -2.37. The lowest BCUT2D eigenvalue weighted by molar-refractivity contribution is 0.0930. The van der Waals surface area contributed by atoms with Crippen LogP contribution < -0.4 is 10.2 Å². The van der Waals surface area contributed by atoms with E-state index in [9.17, 15) is 4.79 Å². The number of amides is 1. The summed E-state index contributed by atoms with van der Waals surface area (Å²) in [5.74, 6) is 0.482. The van der Waals surface area contributed by atoms with Crippen LogP contribution in [0.25, 0.3) is 11.1 Å². The van der Waals surface area contributed by atoms with Gasteiger partial charge in [0, 0.05) is 19.1 Å². The molecule has 0 aromatic carbocycles. The first kappa shape index (κ1) is 14.4. The van der Waals surface area contributed by atoms with Crippen molar-refractivity contribution in [3.8, 4) is 0 Å². The van der Waals surface area contributed by atoms with Crippen LogP contribution in [0, 0.1) is 0 Å². The van der Waals surface area contributed by atoms with Crippen molar-refractivity contribution in [2.75, 3.05) is 31.2 Å². The number of nitrogens with zero attached hydrogens (tertiary/aromatic N) is 4. The maximum Gasteiger partial charge on any atom is 0.274 e. The number of morpholine rings is 1. The van der Waals surface area contributed by atoms with Gasteiger partial charge in [-0.3, -0.25) is 4.79 Å². The van der Waals surface area contributed by atoms with E-state index in [2.05, 4.69) is 25.3 Å². The molecule has 0 spiro atoms. The second-order valence-electron chi connectivity index (χ2n) is 5.96. The first-order chi connectivity index (χ1) is 11.3. The Bertz CT molecular complexity index is 704. The highest BCUT2D eigenvalue weighted by Crippen LogP contribution is 2.27. The lowest BCUT2D eigenvalue weighted by atomic mass is 10.2. The van der Waals surface area contributed by atoms with Crippen LogP contribution in [-0.2, 0) is 4.74 Å². The molecule has 2 fully saturated rings. The zero-order valence-corrected chi connectivity index (χ0v) is 12.8. The number of anilines is 1. The molecule has 1 aliphatic heterocycles. The van der Waals surface area contributed by atoms with Gasteiger partial charge in [0.2, 0.25) is 0 Å². The van der Waals surface area contributed by atoms with Gasteiger partial charge in [-0.2, -0.15) is 4.98 Å². The fraction of sp³-hybridized carbons (Fsp3) is 0.600. The second kappa shape index (κ2) is 6.11. The molecule has 1 amide bonds. The topological polar surface area (TPSA) is 93.4 Å².